The molecule has 0 saturated heterocycles. The quantitative estimate of drug-likeness (QED) is 0.769. The zero-order valence-corrected chi connectivity index (χ0v) is 13.9. The molecule has 3 rings (SSSR count). The van der Waals surface area contributed by atoms with Crippen molar-refractivity contribution in [1.29, 1.82) is 0 Å². The Morgan fingerprint density at radius 3 is 2.72 bits per heavy atom. The number of pyridine rings is 1. The van der Waals surface area contributed by atoms with Crippen molar-refractivity contribution >= 4 is 40.6 Å². The Labute approximate surface area is 148 Å². The van der Waals surface area contributed by atoms with Crippen molar-refractivity contribution < 1.29 is 19.7 Å². The van der Waals surface area contributed by atoms with Gasteiger partial charge in [0.15, 0.2) is 0 Å². The molecular weight excluding hydrogens is 342 g/mol. The van der Waals surface area contributed by atoms with Crippen LogP contribution in [0.25, 0.3) is 23.1 Å². The molecule has 25 heavy (non-hydrogen) atoms. The fourth-order valence-corrected chi connectivity index (χ4v) is 2.69. The molecule has 0 fully saturated rings. The SMILES string of the molecule is COc1cc(/C=C/c2cc(C(=O)O)c3ccccc3n2)cc(Cl)c1[O-]. The Kier molecular flexibility index (Phi) is 4.59. The van der Waals surface area contributed by atoms with E-state index in [4.69, 9.17) is 16.3 Å². The Balaban J connectivity index is 2.05. The molecule has 0 amide bonds. The number of carboxylic acids is 1. The number of ether oxygens (including phenoxy) is 1. The third-order valence-electron chi connectivity index (χ3n) is 3.66. The molecule has 0 spiro atoms. The molecule has 0 bridgehead atoms. The van der Waals surface area contributed by atoms with E-state index < -0.39 is 5.97 Å². The van der Waals surface area contributed by atoms with Gasteiger partial charge >= 0.3 is 5.97 Å². The van der Waals surface area contributed by atoms with E-state index in [1.54, 1.807) is 42.5 Å². The molecule has 0 aliphatic carbocycles. The second kappa shape index (κ2) is 6.83. The number of para-hydroxylation sites is 1. The summed E-state index contributed by atoms with van der Waals surface area (Å²) in [5, 5.41) is 21.8. The summed E-state index contributed by atoms with van der Waals surface area (Å²) in [6.07, 6.45) is 3.35. The maximum Gasteiger partial charge on any atom is 0.336 e. The zero-order valence-electron chi connectivity index (χ0n) is 13.2. The molecule has 6 heteroatoms. The summed E-state index contributed by atoms with van der Waals surface area (Å²) in [5.74, 6) is -1.25. The normalized spacial score (nSPS) is 11.1. The fraction of sp³-hybridized carbons (Fsp3) is 0.0526. The minimum atomic E-state index is -1.02. The van der Waals surface area contributed by atoms with Gasteiger partial charge in [0.05, 0.1) is 23.9 Å². The van der Waals surface area contributed by atoms with E-state index in [0.29, 0.717) is 22.2 Å². The van der Waals surface area contributed by atoms with Gasteiger partial charge in [-0.05, 0) is 41.7 Å². The smallest absolute Gasteiger partial charge is 0.336 e. The highest BCUT2D eigenvalue weighted by Gasteiger charge is 2.10. The number of benzene rings is 2. The lowest BCUT2D eigenvalue weighted by atomic mass is 10.1. The van der Waals surface area contributed by atoms with Crippen molar-refractivity contribution in [3.63, 3.8) is 0 Å². The minimum absolute atomic E-state index is 0.0525. The lowest BCUT2D eigenvalue weighted by Crippen LogP contribution is -2.00. The van der Waals surface area contributed by atoms with Crippen LogP contribution in [0.4, 0.5) is 0 Å². The molecule has 1 aromatic heterocycles. The van der Waals surface area contributed by atoms with Gasteiger partial charge in [0.1, 0.15) is 5.75 Å². The highest BCUT2D eigenvalue weighted by molar-refractivity contribution is 6.32. The molecule has 0 saturated carbocycles. The fourth-order valence-electron chi connectivity index (χ4n) is 2.48. The largest absolute Gasteiger partial charge is 0.869 e. The molecule has 5 nitrogen and oxygen atoms in total. The van der Waals surface area contributed by atoms with Gasteiger partial charge in [0.2, 0.25) is 0 Å². The van der Waals surface area contributed by atoms with Crippen LogP contribution in [0.3, 0.4) is 0 Å². The second-order valence-corrected chi connectivity index (χ2v) is 5.69. The third-order valence-corrected chi connectivity index (χ3v) is 3.95. The standard InChI is InChI=1S/C19H14ClNO4/c1-25-17-9-11(8-15(20)18(17)22)6-7-12-10-14(19(23)24)13-4-2-3-5-16(13)21-12/h2-10,22H,1H3,(H,23,24)/p-1/b7-6+. The molecular formula is C19H13ClNO4-. The van der Waals surface area contributed by atoms with Gasteiger partial charge in [-0.2, -0.15) is 0 Å². The van der Waals surface area contributed by atoms with Gasteiger partial charge in [0.25, 0.3) is 0 Å². The first-order valence-corrected chi connectivity index (χ1v) is 7.73. The second-order valence-electron chi connectivity index (χ2n) is 5.28. The van der Waals surface area contributed by atoms with Crippen LogP contribution in [0.1, 0.15) is 21.6 Å². The average Bonchev–Trinajstić information content (AvgIpc) is 2.61. The highest BCUT2D eigenvalue weighted by atomic mass is 35.5. The van der Waals surface area contributed by atoms with Gasteiger partial charge < -0.3 is 14.9 Å². The number of fused-ring (bicyclic) bond motifs is 1. The summed E-state index contributed by atoms with van der Waals surface area (Å²) in [6, 6.07) is 11.6. The number of halogens is 1. The maximum absolute atomic E-state index is 11.7. The number of carbonyl (C=O) groups is 1. The Bertz CT molecular complexity index is 998. The lowest BCUT2D eigenvalue weighted by Gasteiger charge is -2.14. The zero-order chi connectivity index (χ0) is 18.0. The Morgan fingerprint density at radius 1 is 1.24 bits per heavy atom. The van der Waals surface area contributed by atoms with Crippen LogP contribution in [0.2, 0.25) is 5.02 Å². The van der Waals surface area contributed by atoms with E-state index in [-0.39, 0.29) is 22.1 Å². The van der Waals surface area contributed by atoms with Gasteiger partial charge in [-0.15, -0.1) is 0 Å². The third kappa shape index (κ3) is 3.41. The van der Waals surface area contributed by atoms with E-state index in [0.717, 1.165) is 0 Å². The van der Waals surface area contributed by atoms with Gasteiger partial charge in [-0.1, -0.05) is 35.9 Å². The molecule has 1 N–H and O–H groups in total. The van der Waals surface area contributed by atoms with Crippen LogP contribution >= 0.6 is 11.6 Å². The van der Waals surface area contributed by atoms with Gasteiger partial charge in [-0.3, -0.25) is 0 Å². The molecule has 0 atom stereocenters. The highest BCUT2D eigenvalue weighted by Crippen LogP contribution is 2.33. The van der Waals surface area contributed by atoms with Gasteiger partial charge in [-0.25, -0.2) is 9.78 Å². The van der Waals surface area contributed by atoms with E-state index in [1.165, 1.54) is 19.2 Å². The monoisotopic (exact) mass is 354 g/mol. The van der Waals surface area contributed by atoms with Crippen molar-refractivity contribution in [2.24, 2.45) is 0 Å². The summed E-state index contributed by atoms with van der Waals surface area (Å²) in [7, 11) is 1.39. The average molecular weight is 355 g/mol. The number of hydrogen-bond acceptors (Lipinski definition) is 4. The number of methoxy groups -OCH3 is 1. The van der Waals surface area contributed by atoms with E-state index in [2.05, 4.69) is 4.98 Å². The summed E-state index contributed by atoms with van der Waals surface area (Å²) in [6.45, 7) is 0. The van der Waals surface area contributed by atoms with Crippen molar-refractivity contribution in [2.45, 2.75) is 0 Å². The number of rotatable bonds is 4. The van der Waals surface area contributed by atoms with Crippen molar-refractivity contribution in [3.8, 4) is 11.5 Å². The van der Waals surface area contributed by atoms with Crippen LogP contribution in [-0.4, -0.2) is 23.2 Å². The molecule has 1 heterocycles. The van der Waals surface area contributed by atoms with E-state index >= 15 is 0 Å². The van der Waals surface area contributed by atoms with E-state index in [1.807, 2.05) is 0 Å². The van der Waals surface area contributed by atoms with Crippen LogP contribution in [0.5, 0.6) is 11.5 Å². The molecule has 0 radical (unpaired) electrons. The molecule has 2 aromatic carbocycles. The molecule has 0 unspecified atom stereocenters. The molecule has 126 valence electrons. The number of hydrogen-bond donors (Lipinski definition) is 1. The first-order chi connectivity index (χ1) is 12.0. The molecule has 0 aliphatic heterocycles. The summed E-state index contributed by atoms with van der Waals surface area (Å²) in [4.78, 5) is 15.9. The predicted octanol–water partition coefficient (Wildman–Crippen LogP) is 3.84. The molecule has 0 aliphatic rings. The summed E-state index contributed by atoms with van der Waals surface area (Å²) in [5.41, 5.74) is 1.90. The van der Waals surface area contributed by atoms with Crippen molar-refractivity contribution in [3.05, 3.63) is 64.3 Å². The molecule has 3 aromatic rings. The van der Waals surface area contributed by atoms with Crippen molar-refractivity contribution in [1.82, 2.24) is 4.98 Å². The summed E-state index contributed by atoms with van der Waals surface area (Å²) >= 11 is 5.90. The predicted molar refractivity (Wildman–Crippen MR) is 95.1 cm³/mol. The Morgan fingerprint density at radius 2 is 2.00 bits per heavy atom. The first kappa shape index (κ1) is 16.8. The van der Waals surface area contributed by atoms with Crippen LogP contribution in [-0.2, 0) is 0 Å². The van der Waals surface area contributed by atoms with Crippen LogP contribution < -0.4 is 9.84 Å². The van der Waals surface area contributed by atoms with E-state index in [9.17, 15) is 15.0 Å². The van der Waals surface area contributed by atoms with Crippen molar-refractivity contribution in [2.75, 3.05) is 7.11 Å². The number of nitrogens with zero attached hydrogens (tertiary/aromatic N) is 1. The topological polar surface area (TPSA) is 82.5 Å². The maximum atomic E-state index is 11.7. The first-order valence-electron chi connectivity index (χ1n) is 7.35. The van der Waals surface area contributed by atoms with Crippen LogP contribution in [0.15, 0.2) is 42.5 Å². The lowest BCUT2D eigenvalue weighted by molar-refractivity contribution is -0.269. The number of aromatic carboxylic acids is 1. The number of aromatic nitrogens is 1. The summed E-state index contributed by atoms with van der Waals surface area (Å²) < 4.78 is 5.00. The minimum Gasteiger partial charge on any atom is -0.869 e. The number of carboxylic acid groups (broad SMARTS) is 1. The Hall–Kier alpha value is -3.05. The van der Waals surface area contributed by atoms with Gasteiger partial charge in [0, 0.05) is 10.4 Å². The van der Waals surface area contributed by atoms with Crippen LogP contribution in [0, 0.1) is 0 Å².